The molecule has 0 aliphatic rings. The van der Waals surface area contributed by atoms with Gasteiger partial charge in [0.05, 0.1) is 12.6 Å². The molecule has 1 aromatic heterocycles. The van der Waals surface area contributed by atoms with Gasteiger partial charge in [-0.15, -0.1) is 10.2 Å². The van der Waals surface area contributed by atoms with Crippen molar-refractivity contribution in [1.82, 2.24) is 4.98 Å². The second-order valence-corrected chi connectivity index (χ2v) is 5.38. The second kappa shape index (κ2) is 7.04. The van der Waals surface area contributed by atoms with Crippen LogP contribution in [0.15, 0.2) is 52.7 Å². The summed E-state index contributed by atoms with van der Waals surface area (Å²) < 4.78 is 10.6. The summed E-state index contributed by atoms with van der Waals surface area (Å²) in [5.74, 6) is 0.502. The molecular formula is C18H17N3O4. The Morgan fingerprint density at radius 2 is 2.04 bits per heavy atom. The summed E-state index contributed by atoms with van der Waals surface area (Å²) >= 11 is 0. The van der Waals surface area contributed by atoms with Crippen molar-refractivity contribution in [3.05, 3.63) is 48.0 Å². The largest absolute Gasteiger partial charge is 0.497 e. The molecule has 7 heteroatoms. The quantitative estimate of drug-likeness (QED) is 0.689. The van der Waals surface area contributed by atoms with Crippen molar-refractivity contribution in [2.24, 2.45) is 10.2 Å². The minimum Gasteiger partial charge on any atom is -0.497 e. The molecule has 1 heterocycles. The number of carbonyl (C=O) groups is 1. The van der Waals surface area contributed by atoms with Crippen LogP contribution in [0.3, 0.4) is 0 Å². The predicted molar refractivity (Wildman–Crippen MR) is 92.7 cm³/mol. The Balaban J connectivity index is 1.75. The van der Waals surface area contributed by atoms with Gasteiger partial charge in [-0.3, -0.25) is 4.79 Å². The van der Waals surface area contributed by atoms with Crippen LogP contribution in [-0.2, 0) is 4.79 Å². The number of fused-ring (bicyclic) bond motifs is 1. The van der Waals surface area contributed by atoms with E-state index in [0.29, 0.717) is 22.4 Å². The second-order valence-electron chi connectivity index (χ2n) is 5.38. The number of carbonyl (C=O) groups excluding carboxylic acids is 1. The molecule has 25 heavy (non-hydrogen) atoms. The fraction of sp³-hybridized carbons (Fsp3) is 0.167. The van der Waals surface area contributed by atoms with Crippen LogP contribution in [0.5, 0.6) is 17.4 Å². The minimum absolute atomic E-state index is 0.167. The molecule has 0 spiro atoms. The summed E-state index contributed by atoms with van der Waals surface area (Å²) in [6.07, 6.45) is 0. The molecule has 0 saturated carbocycles. The van der Waals surface area contributed by atoms with Gasteiger partial charge in [0.25, 0.3) is 0 Å². The van der Waals surface area contributed by atoms with Crippen LogP contribution in [0.4, 0.5) is 5.69 Å². The molecule has 3 rings (SSSR count). The van der Waals surface area contributed by atoms with E-state index >= 15 is 0 Å². The van der Waals surface area contributed by atoms with E-state index in [0.717, 1.165) is 5.56 Å². The smallest absolute Gasteiger partial charge is 0.302 e. The van der Waals surface area contributed by atoms with E-state index in [9.17, 15) is 9.90 Å². The summed E-state index contributed by atoms with van der Waals surface area (Å²) in [4.78, 5) is 14.7. The number of aromatic hydroxyl groups is 1. The van der Waals surface area contributed by atoms with Gasteiger partial charge in [0.2, 0.25) is 5.88 Å². The number of nitrogens with zero attached hydrogens (tertiary/aromatic N) is 2. The van der Waals surface area contributed by atoms with Crippen LogP contribution in [0.2, 0.25) is 0 Å². The molecule has 0 bridgehead atoms. The first-order valence-corrected chi connectivity index (χ1v) is 7.60. The highest BCUT2D eigenvalue weighted by Crippen LogP contribution is 2.37. The molecule has 0 saturated heterocycles. The highest BCUT2D eigenvalue weighted by molar-refractivity contribution is 5.95. The van der Waals surface area contributed by atoms with Gasteiger partial charge in [0, 0.05) is 5.39 Å². The van der Waals surface area contributed by atoms with Gasteiger partial charge < -0.3 is 19.6 Å². The maximum Gasteiger partial charge on any atom is 0.302 e. The average molecular weight is 339 g/mol. The zero-order valence-corrected chi connectivity index (χ0v) is 13.8. The fourth-order valence-corrected chi connectivity index (χ4v) is 2.36. The Morgan fingerprint density at radius 1 is 1.24 bits per heavy atom. The SMILES string of the molecule is COc1ccc2[nH]c(O)c(N=NC(=O)COc3ccccc3C)c2c1. The monoisotopic (exact) mass is 339 g/mol. The topological polar surface area (TPSA) is 96.3 Å². The minimum atomic E-state index is -0.556. The van der Waals surface area contributed by atoms with Gasteiger partial charge in [-0.2, -0.15) is 0 Å². The van der Waals surface area contributed by atoms with Gasteiger partial charge in [0.15, 0.2) is 12.3 Å². The molecule has 0 aliphatic heterocycles. The van der Waals surface area contributed by atoms with Crippen LogP contribution >= 0.6 is 0 Å². The summed E-state index contributed by atoms with van der Waals surface area (Å²) in [5, 5.41) is 18.0. The Bertz CT molecular complexity index is 947. The molecule has 0 atom stereocenters. The number of rotatable bonds is 5. The van der Waals surface area contributed by atoms with Crippen molar-refractivity contribution in [2.75, 3.05) is 13.7 Å². The van der Waals surface area contributed by atoms with Crippen LogP contribution in [-0.4, -0.2) is 29.7 Å². The molecule has 1 amide bonds. The maximum absolute atomic E-state index is 11.9. The van der Waals surface area contributed by atoms with Gasteiger partial charge >= 0.3 is 5.91 Å². The number of benzene rings is 2. The fourth-order valence-electron chi connectivity index (χ4n) is 2.36. The van der Waals surface area contributed by atoms with Gasteiger partial charge in [0.1, 0.15) is 11.5 Å². The lowest BCUT2D eigenvalue weighted by atomic mass is 10.2. The first-order valence-electron chi connectivity index (χ1n) is 7.60. The molecule has 2 N–H and O–H groups in total. The van der Waals surface area contributed by atoms with Crippen molar-refractivity contribution < 1.29 is 19.4 Å². The van der Waals surface area contributed by atoms with Crippen molar-refractivity contribution >= 4 is 22.5 Å². The Labute approximate surface area is 143 Å². The van der Waals surface area contributed by atoms with Crippen molar-refractivity contribution in [3.63, 3.8) is 0 Å². The van der Waals surface area contributed by atoms with Crippen LogP contribution < -0.4 is 9.47 Å². The third-order valence-electron chi connectivity index (χ3n) is 3.67. The molecular weight excluding hydrogens is 322 g/mol. The van der Waals surface area contributed by atoms with Gasteiger partial charge in [-0.1, -0.05) is 18.2 Å². The third kappa shape index (κ3) is 3.60. The number of aryl methyl sites for hydroxylation is 1. The molecule has 128 valence electrons. The number of aromatic amines is 1. The molecule has 0 aliphatic carbocycles. The van der Waals surface area contributed by atoms with E-state index in [-0.39, 0.29) is 18.2 Å². The first-order chi connectivity index (χ1) is 12.1. The van der Waals surface area contributed by atoms with Crippen LogP contribution in [0, 0.1) is 6.92 Å². The molecule has 7 nitrogen and oxygen atoms in total. The summed E-state index contributed by atoms with van der Waals surface area (Å²) in [6, 6.07) is 12.6. The number of hydrogen-bond acceptors (Lipinski definition) is 5. The van der Waals surface area contributed by atoms with Crippen molar-refractivity contribution in [2.45, 2.75) is 6.92 Å². The highest BCUT2D eigenvalue weighted by atomic mass is 16.5. The van der Waals surface area contributed by atoms with E-state index in [1.807, 2.05) is 25.1 Å². The number of azo groups is 1. The van der Waals surface area contributed by atoms with E-state index in [4.69, 9.17) is 9.47 Å². The zero-order valence-electron chi connectivity index (χ0n) is 13.8. The van der Waals surface area contributed by atoms with Gasteiger partial charge in [-0.05, 0) is 36.8 Å². The summed E-state index contributed by atoms with van der Waals surface area (Å²) in [6.45, 7) is 1.65. The number of hydrogen-bond donors (Lipinski definition) is 2. The molecule has 2 aromatic carbocycles. The number of ether oxygens (including phenoxy) is 2. The van der Waals surface area contributed by atoms with Crippen molar-refractivity contribution in [1.29, 1.82) is 0 Å². The van der Waals surface area contributed by atoms with Crippen LogP contribution in [0.1, 0.15) is 5.56 Å². The Morgan fingerprint density at radius 3 is 2.80 bits per heavy atom. The number of para-hydroxylation sites is 1. The van der Waals surface area contributed by atoms with E-state index in [1.165, 1.54) is 0 Å². The maximum atomic E-state index is 11.9. The summed E-state index contributed by atoms with van der Waals surface area (Å²) in [7, 11) is 1.54. The summed E-state index contributed by atoms with van der Waals surface area (Å²) in [5.41, 5.74) is 1.77. The number of H-pyrrole nitrogens is 1. The van der Waals surface area contributed by atoms with E-state index in [1.54, 1.807) is 31.4 Å². The number of aromatic nitrogens is 1. The lowest BCUT2D eigenvalue weighted by molar-refractivity contribution is -0.120. The Kier molecular flexibility index (Phi) is 4.65. The first kappa shape index (κ1) is 16.5. The number of nitrogens with one attached hydrogen (secondary N) is 1. The van der Waals surface area contributed by atoms with Gasteiger partial charge in [-0.25, -0.2) is 0 Å². The normalized spacial score (nSPS) is 11.1. The number of amides is 1. The van der Waals surface area contributed by atoms with E-state index in [2.05, 4.69) is 15.2 Å². The highest BCUT2D eigenvalue weighted by Gasteiger charge is 2.12. The Hall–Kier alpha value is -3.35. The number of methoxy groups -OCH3 is 1. The van der Waals surface area contributed by atoms with Crippen LogP contribution in [0.25, 0.3) is 10.9 Å². The lowest BCUT2D eigenvalue weighted by Gasteiger charge is -2.05. The predicted octanol–water partition coefficient (Wildman–Crippen LogP) is 3.88. The zero-order chi connectivity index (χ0) is 17.8. The average Bonchev–Trinajstić information content (AvgIpc) is 2.93. The molecule has 0 fully saturated rings. The molecule has 3 aromatic rings. The standard InChI is InChI=1S/C18H17N3O4/c1-11-5-3-4-6-15(11)25-10-16(22)20-21-17-13-9-12(24-2)7-8-14(13)19-18(17)23/h3-9,19,23H,10H2,1-2H3. The third-order valence-corrected chi connectivity index (χ3v) is 3.67. The van der Waals surface area contributed by atoms with Crippen molar-refractivity contribution in [3.8, 4) is 17.4 Å². The molecule has 0 unspecified atom stereocenters. The molecule has 0 radical (unpaired) electrons. The lowest BCUT2D eigenvalue weighted by Crippen LogP contribution is -2.08. The van der Waals surface area contributed by atoms with E-state index < -0.39 is 5.91 Å².